The van der Waals surface area contributed by atoms with Gasteiger partial charge in [-0.05, 0) is 38.4 Å². The number of amides is 2. The molecule has 0 saturated heterocycles. The van der Waals surface area contributed by atoms with E-state index in [1.54, 1.807) is 19.1 Å². The molecule has 0 aromatic heterocycles. The van der Waals surface area contributed by atoms with E-state index in [-0.39, 0.29) is 6.03 Å². The third-order valence-electron chi connectivity index (χ3n) is 2.33. The first-order chi connectivity index (χ1) is 14.0. The number of para-hydroxylation sites is 1. The number of rotatable bonds is 7. The molecular formula is C21H39N5O3. The third-order valence-corrected chi connectivity index (χ3v) is 2.33. The Balaban J connectivity index is -0.000000508. The van der Waals surface area contributed by atoms with Crippen molar-refractivity contribution in [1.29, 1.82) is 0 Å². The maximum absolute atomic E-state index is 11.4. The maximum Gasteiger partial charge on any atom is 0.323 e. The Kier molecular flexibility index (Phi) is 29.4. The molecule has 0 aliphatic carbocycles. The molecule has 2 amide bonds. The lowest BCUT2D eigenvalue weighted by Gasteiger charge is -2.03. The van der Waals surface area contributed by atoms with Gasteiger partial charge >= 0.3 is 6.03 Å². The van der Waals surface area contributed by atoms with Crippen LogP contribution in [-0.4, -0.2) is 36.3 Å². The van der Waals surface area contributed by atoms with E-state index in [0.717, 1.165) is 19.4 Å². The van der Waals surface area contributed by atoms with Crippen molar-refractivity contribution in [2.45, 2.75) is 53.9 Å². The van der Waals surface area contributed by atoms with Crippen LogP contribution in [0.25, 0.3) is 0 Å². The minimum absolute atomic E-state index is 0.313. The first-order valence-corrected chi connectivity index (χ1v) is 9.80. The molecular weight excluding hydrogens is 370 g/mol. The highest BCUT2D eigenvalue weighted by Crippen LogP contribution is 2.03. The lowest BCUT2D eigenvalue weighted by molar-refractivity contribution is -0.102. The van der Waals surface area contributed by atoms with Crippen LogP contribution in [-0.2, 0) is 4.79 Å². The molecule has 166 valence electrons. The van der Waals surface area contributed by atoms with Crippen LogP contribution in [0.15, 0.2) is 47.8 Å². The number of urea groups is 1. The molecule has 0 aliphatic heterocycles. The number of hydrazone groups is 1. The van der Waals surface area contributed by atoms with Crippen molar-refractivity contribution in [2.24, 2.45) is 10.8 Å². The highest BCUT2D eigenvalue weighted by molar-refractivity contribution is 6.26. The van der Waals surface area contributed by atoms with Crippen LogP contribution in [0.1, 0.15) is 53.9 Å². The average molecular weight is 410 g/mol. The molecule has 0 heterocycles. The summed E-state index contributed by atoms with van der Waals surface area (Å²) in [4.78, 5) is 21.6. The molecule has 0 spiro atoms. The predicted molar refractivity (Wildman–Crippen MR) is 123 cm³/mol. The Hall–Kier alpha value is -2.71. The minimum atomic E-state index is -0.365. The third kappa shape index (κ3) is 30.3. The Morgan fingerprint density at radius 1 is 1.10 bits per heavy atom. The zero-order valence-electron chi connectivity index (χ0n) is 18.4. The van der Waals surface area contributed by atoms with Crippen LogP contribution in [0.3, 0.4) is 0 Å². The summed E-state index contributed by atoms with van der Waals surface area (Å²) in [5.74, 6) is 0. The van der Waals surface area contributed by atoms with E-state index >= 15 is 0 Å². The van der Waals surface area contributed by atoms with Crippen LogP contribution in [0.4, 0.5) is 10.5 Å². The Morgan fingerprint density at radius 2 is 1.62 bits per heavy atom. The number of benzene rings is 1. The number of aliphatic hydroxyl groups is 1. The van der Waals surface area contributed by atoms with Gasteiger partial charge in [0.25, 0.3) is 0 Å². The van der Waals surface area contributed by atoms with Gasteiger partial charge in [0.1, 0.15) is 0 Å². The average Bonchev–Trinajstić information content (AvgIpc) is 2.75. The fraction of sp³-hybridized carbons (Fsp3) is 0.476. The molecule has 0 unspecified atom stereocenters. The summed E-state index contributed by atoms with van der Waals surface area (Å²) in [5.41, 5.74) is 8.53. The molecule has 29 heavy (non-hydrogen) atoms. The van der Waals surface area contributed by atoms with E-state index in [0.29, 0.717) is 24.3 Å². The first-order valence-electron chi connectivity index (χ1n) is 9.80. The van der Waals surface area contributed by atoms with Gasteiger partial charge < -0.3 is 21.5 Å². The van der Waals surface area contributed by atoms with Crippen LogP contribution in [0.2, 0.25) is 0 Å². The van der Waals surface area contributed by atoms with Gasteiger partial charge in [-0.2, -0.15) is 5.10 Å². The number of anilines is 1. The van der Waals surface area contributed by atoms with Crippen molar-refractivity contribution in [3.63, 3.8) is 0 Å². The van der Waals surface area contributed by atoms with Gasteiger partial charge in [-0.1, -0.05) is 52.3 Å². The van der Waals surface area contributed by atoms with Crippen molar-refractivity contribution >= 4 is 23.7 Å². The van der Waals surface area contributed by atoms with Crippen LogP contribution in [0.5, 0.6) is 0 Å². The van der Waals surface area contributed by atoms with Crippen molar-refractivity contribution in [3.05, 3.63) is 42.7 Å². The van der Waals surface area contributed by atoms with Gasteiger partial charge in [0.2, 0.25) is 0 Å². The van der Waals surface area contributed by atoms with Gasteiger partial charge in [-0.15, -0.1) is 0 Å². The first kappa shape index (κ1) is 31.0. The van der Waals surface area contributed by atoms with Crippen LogP contribution in [0, 0.1) is 0 Å². The molecule has 1 aromatic carbocycles. The Bertz CT molecular complexity index is 526. The van der Waals surface area contributed by atoms with E-state index < -0.39 is 0 Å². The van der Waals surface area contributed by atoms with Gasteiger partial charge in [0.15, 0.2) is 6.29 Å². The second kappa shape index (κ2) is 27.5. The standard InChI is InChI=1S/C12H14N4O2.C3H9N.C3H8O.C3H8/c1-10(9-17)16-14-8-7-13-12(18)15-11-5-3-2-4-6-11;2*1-2-3-4;1-3-2/h2-9,14H,1H3,(H2,13,15,18);2-4H2,1H3;4H,2-3H2,1H3;3H2,1-2H3/b8-7+,16-10+;;;. The molecule has 1 aromatic rings. The number of nitrogens with one attached hydrogen (secondary N) is 3. The van der Waals surface area contributed by atoms with Crippen molar-refractivity contribution in [2.75, 3.05) is 18.5 Å². The summed E-state index contributed by atoms with van der Waals surface area (Å²) in [6.45, 7) is 10.9. The highest BCUT2D eigenvalue weighted by Gasteiger charge is 1.96. The number of aldehydes is 1. The van der Waals surface area contributed by atoms with Crippen molar-refractivity contribution in [3.8, 4) is 0 Å². The monoisotopic (exact) mass is 409 g/mol. The topological polar surface area (TPSA) is 129 Å². The van der Waals surface area contributed by atoms with Gasteiger partial charge in [0.05, 0.1) is 5.71 Å². The summed E-state index contributed by atoms with van der Waals surface area (Å²) in [6, 6.07) is 8.70. The van der Waals surface area contributed by atoms with Crippen LogP contribution >= 0.6 is 0 Å². The van der Waals surface area contributed by atoms with E-state index in [1.807, 2.05) is 25.1 Å². The normalized spacial score (nSPS) is 9.55. The zero-order valence-corrected chi connectivity index (χ0v) is 18.4. The SMILES string of the molecule is C/C(C=O)=N\N/C=C/NC(=O)Nc1ccccc1.CCC.CCCN.CCCO. The molecule has 0 bridgehead atoms. The highest BCUT2D eigenvalue weighted by atomic mass is 16.2. The quantitative estimate of drug-likeness (QED) is 0.267. The maximum atomic E-state index is 11.4. The Morgan fingerprint density at radius 3 is 2.03 bits per heavy atom. The van der Waals surface area contributed by atoms with E-state index in [4.69, 9.17) is 10.8 Å². The lowest BCUT2D eigenvalue weighted by atomic mass is 10.3. The second-order valence-corrected chi connectivity index (χ2v) is 5.52. The van der Waals surface area contributed by atoms with E-state index in [2.05, 4.69) is 41.9 Å². The molecule has 0 saturated carbocycles. The van der Waals surface area contributed by atoms with Gasteiger partial charge in [-0.25, -0.2) is 4.79 Å². The van der Waals surface area contributed by atoms with Gasteiger partial charge in [0, 0.05) is 24.7 Å². The summed E-state index contributed by atoms with van der Waals surface area (Å²) >= 11 is 0. The molecule has 1 rings (SSSR count). The number of nitrogens with zero attached hydrogens (tertiary/aromatic N) is 1. The molecule has 6 N–H and O–H groups in total. The summed E-state index contributed by atoms with van der Waals surface area (Å²) in [7, 11) is 0. The van der Waals surface area contributed by atoms with E-state index in [9.17, 15) is 9.59 Å². The predicted octanol–water partition coefficient (Wildman–Crippen LogP) is 3.60. The lowest BCUT2D eigenvalue weighted by Crippen LogP contribution is -2.24. The fourth-order valence-corrected chi connectivity index (χ4v) is 1.01. The molecule has 8 heteroatoms. The molecule has 0 aliphatic rings. The number of nitrogens with two attached hydrogens (primary N) is 1. The largest absolute Gasteiger partial charge is 0.396 e. The number of hydrogen-bond donors (Lipinski definition) is 5. The summed E-state index contributed by atoms with van der Waals surface area (Å²) in [5, 5.41) is 16.6. The summed E-state index contributed by atoms with van der Waals surface area (Å²) in [6.07, 6.45) is 6.62. The van der Waals surface area contributed by atoms with Crippen LogP contribution < -0.4 is 21.8 Å². The summed E-state index contributed by atoms with van der Waals surface area (Å²) < 4.78 is 0. The number of carbonyl (C=O) groups is 2. The molecule has 0 atom stereocenters. The van der Waals surface area contributed by atoms with Crippen molar-refractivity contribution in [1.82, 2.24) is 10.7 Å². The second-order valence-electron chi connectivity index (χ2n) is 5.52. The van der Waals surface area contributed by atoms with Gasteiger partial charge in [-0.3, -0.25) is 10.2 Å². The minimum Gasteiger partial charge on any atom is -0.396 e. The zero-order chi connectivity index (χ0) is 22.8. The van der Waals surface area contributed by atoms with E-state index in [1.165, 1.54) is 18.8 Å². The molecule has 8 nitrogen and oxygen atoms in total. The number of carbonyl (C=O) groups excluding carboxylic acids is 2. The van der Waals surface area contributed by atoms with Crippen molar-refractivity contribution < 1.29 is 14.7 Å². The Labute approximate surface area is 175 Å². The molecule has 0 radical (unpaired) electrons. The smallest absolute Gasteiger partial charge is 0.323 e. The fourth-order valence-electron chi connectivity index (χ4n) is 1.01. The number of hydrogen-bond acceptors (Lipinski definition) is 6. The molecule has 0 fully saturated rings. The number of aliphatic hydroxyl groups excluding tert-OH is 1.